The number of nitrogen functional groups attached to an aromatic ring is 2. The lowest BCUT2D eigenvalue weighted by Gasteiger charge is -2.25. The van der Waals surface area contributed by atoms with Gasteiger partial charge in [-0.05, 0) is 18.9 Å². The zero-order valence-electron chi connectivity index (χ0n) is 11.3. The molecule has 1 aromatic carbocycles. The molecule has 0 atom stereocenters. The summed E-state index contributed by atoms with van der Waals surface area (Å²) < 4.78 is 14.1. The summed E-state index contributed by atoms with van der Waals surface area (Å²) in [6.07, 6.45) is 2.03. The molecule has 1 aliphatic heterocycles. The van der Waals surface area contributed by atoms with E-state index in [9.17, 15) is 9.18 Å². The molecule has 5 nitrogen and oxygen atoms in total. The van der Waals surface area contributed by atoms with E-state index in [0.717, 1.165) is 25.9 Å². The van der Waals surface area contributed by atoms with Crippen molar-refractivity contribution in [1.29, 1.82) is 0 Å². The summed E-state index contributed by atoms with van der Waals surface area (Å²) in [5.74, 6) is -0.738. The third-order valence-electron chi connectivity index (χ3n) is 3.45. The minimum Gasteiger partial charge on any atom is -0.397 e. The molecule has 0 aromatic heterocycles. The zero-order chi connectivity index (χ0) is 14.9. The molecule has 110 valence electrons. The average Bonchev–Trinajstić information content (AvgIpc) is 2.90. The Labute approximate surface area is 122 Å². The monoisotopic (exact) mass is 300 g/mol. The molecule has 1 aliphatic rings. The molecule has 1 fully saturated rings. The summed E-state index contributed by atoms with van der Waals surface area (Å²) in [4.78, 5) is 15.3. The van der Waals surface area contributed by atoms with Gasteiger partial charge in [-0.25, -0.2) is 4.39 Å². The molecule has 0 saturated carbocycles. The lowest BCUT2D eigenvalue weighted by molar-refractivity contribution is -0.128. The molecule has 1 aromatic rings. The molecule has 1 amide bonds. The van der Waals surface area contributed by atoms with E-state index in [1.54, 1.807) is 11.9 Å². The van der Waals surface area contributed by atoms with Crippen molar-refractivity contribution in [1.82, 2.24) is 4.90 Å². The molecule has 0 spiro atoms. The first kappa shape index (κ1) is 14.7. The summed E-state index contributed by atoms with van der Waals surface area (Å²) in [5, 5.41) is -0.172. The lowest BCUT2D eigenvalue weighted by atomic mass is 10.2. The SMILES string of the molecule is CN(CC(=O)N1CCCC1)c1c(N)cc(N)c(Cl)c1F. The molecule has 4 N–H and O–H groups in total. The van der Waals surface area contributed by atoms with Gasteiger partial charge in [0.2, 0.25) is 5.91 Å². The Hall–Kier alpha value is -1.69. The highest BCUT2D eigenvalue weighted by atomic mass is 35.5. The Morgan fingerprint density at radius 1 is 1.40 bits per heavy atom. The Morgan fingerprint density at radius 2 is 2.00 bits per heavy atom. The molecule has 1 heterocycles. The average molecular weight is 301 g/mol. The summed E-state index contributed by atoms with van der Waals surface area (Å²) in [5.41, 5.74) is 11.7. The van der Waals surface area contributed by atoms with E-state index < -0.39 is 5.82 Å². The largest absolute Gasteiger partial charge is 0.397 e. The topological polar surface area (TPSA) is 75.6 Å². The molecule has 0 bridgehead atoms. The molecule has 20 heavy (non-hydrogen) atoms. The number of likely N-dealkylation sites (N-methyl/N-ethyl adjacent to an activating group) is 1. The molecular formula is C13H18ClFN4O. The maximum absolute atomic E-state index is 14.1. The van der Waals surface area contributed by atoms with E-state index in [1.165, 1.54) is 11.0 Å². The van der Waals surface area contributed by atoms with Gasteiger partial charge in [-0.2, -0.15) is 0 Å². The van der Waals surface area contributed by atoms with Crippen LogP contribution in [0.15, 0.2) is 6.07 Å². The van der Waals surface area contributed by atoms with Gasteiger partial charge in [0.1, 0.15) is 5.02 Å². The first-order valence-electron chi connectivity index (χ1n) is 6.43. The number of hydrogen-bond acceptors (Lipinski definition) is 4. The van der Waals surface area contributed by atoms with Gasteiger partial charge in [-0.1, -0.05) is 11.6 Å². The molecule has 2 rings (SSSR count). The first-order valence-corrected chi connectivity index (χ1v) is 6.81. The van der Waals surface area contributed by atoms with Gasteiger partial charge in [-0.3, -0.25) is 4.79 Å². The Balaban J connectivity index is 2.18. The Bertz CT molecular complexity index is 532. The van der Waals surface area contributed by atoms with Crippen molar-refractivity contribution in [2.24, 2.45) is 0 Å². The summed E-state index contributed by atoms with van der Waals surface area (Å²) in [6.45, 7) is 1.57. The second kappa shape index (κ2) is 5.75. The van der Waals surface area contributed by atoms with Gasteiger partial charge < -0.3 is 21.3 Å². The minimum atomic E-state index is -0.694. The van der Waals surface area contributed by atoms with Crippen LogP contribution in [-0.2, 0) is 4.79 Å². The number of carbonyl (C=O) groups excluding carboxylic acids is 1. The zero-order valence-corrected chi connectivity index (χ0v) is 12.1. The number of amides is 1. The van der Waals surface area contributed by atoms with E-state index in [1.807, 2.05) is 0 Å². The van der Waals surface area contributed by atoms with E-state index in [-0.39, 0.29) is 34.5 Å². The number of likely N-dealkylation sites (tertiary alicyclic amines) is 1. The van der Waals surface area contributed by atoms with E-state index >= 15 is 0 Å². The van der Waals surface area contributed by atoms with Crippen LogP contribution >= 0.6 is 11.6 Å². The third-order valence-corrected chi connectivity index (χ3v) is 3.84. The fourth-order valence-corrected chi connectivity index (χ4v) is 2.54. The number of carbonyl (C=O) groups is 1. The summed E-state index contributed by atoms with van der Waals surface area (Å²) in [7, 11) is 1.61. The first-order chi connectivity index (χ1) is 9.41. The number of halogens is 2. The number of hydrogen-bond donors (Lipinski definition) is 2. The van der Waals surface area contributed by atoms with Crippen LogP contribution in [-0.4, -0.2) is 37.5 Å². The van der Waals surface area contributed by atoms with Crippen molar-refractivity contribution < 1.29 is 9.18 Å². The maximum Gasteiger partial charge on any atom is 0.242 e. The van der Waals surface area contributed by atoms with Crippen LogP contribution in [0.4, 0.5) is 21.5 Å². The molecule has 0 radical (unpaired) electrons. The highest BCUT2D eigenvalue weighted by molar-refractivity contribution is 6.33. The number of benzene rings is 1. The standard InChI is InChI=1S/C13H18ClFN4O/c1-18(7-10(20)19-4-2-3-5-19)13-9(17)6-8(16)11(14)12(13)15/h6H,2-5,7,16-17H2,1H3. The van der Waals surface area contributed by atoms with Gasteiger partial charge in [0, 0.05) is 20.1 Å². The fraction of sp³-hybridized carbons (Fsp3) is 0.462. The van der Waals surface area contributed by atoms with Gasteiger partial charge in [0.15, 0.2) is 5.82 Å². The maximum atomic E-state index is 14.1. The van der Waals surface area contributed by atoms with E-state index in [0.29, 0.717) is 0 Å². The van der Waals surface area contributed by atoms with Gasteiger partial charge >= 0.3 is 0 Å². The Kier molecular flexibility index (Phi) is 4.23. The van der Waals surface area contributed by atoms with Crippen LogP contribution in [0.3, 0.4) is 0 Å². The molecular weight excluding hydrogens is 283 g/mol. The molecule has 0 aliphatic carbocycles. The highest BCUT2D eigenvalue weighted by Gasteiger charge is 2.23. The second-order valence-corrected chi connectivity index (χ2v) is 5.35. The highest BCUT2D eigenvalue weighted by Crippen LogP contribution is 2.35. The number of nitrogens with zero attached hydrogens (tertiary/aromatic N) is 2. The summed E-state index contributed by atoms with van der Waals surface area (Å²) in [6, 6.07) is 1.40. The smallest absolute Gasteiger partial charge is 0.242 e. The molecule has 1 saturated heterocycles. The summed E-state index contributed by atoms with van der Waals surface area (Å²) >= 11 is 5.78. The Morgan fingerprint density at radius 3 is 2.60 bits per heavy atom. The van der Waals surface area contributed by atoms with Gasteiger partial charge in [0.25, 0.3) is 0 Å². The predicted octanol–water partition coefficient (Wildman–Crippen LogP) is 1.70. The van der Waals surface area contributed by atoms with Crippen molar-refractivity contribution in [2.75, 3.05) is 43.0 Å². The number of anilines is 3. The quantitative estimate of drug-likeness (QED) is 0.833. The van der Waals surface area contributed by atoms with Crippen molar-refractivity contribution in [3.63, 3.8) is 0 Å². The second-order valence-electron chi connectivity index (χ2n) is 4.98. The fourth-order valence-electron chi connectivity index (χ4n) is 2.39. The van der Waals surface area contributed by atoms with Crippen molar-refractivity contribution in [3.8, 4) is 0 Å². The van der Waals surface area contributed by atoms with E-state index in [2.05, 4.69) is 0 Å². The van der Waals surface area contributed by atoms with Gasteiger partial charge in [0.05, 0.1) is 23.6 Å². The van der Waals surface area contributed by atoms with Crippen molar-refractivity contribution >= 4 is 34.6 Å². The predicted molar refractivity (Wildman–Crippen MR) is 79.3 cm³/mol. The van der Waals surface area contributed by atoms with Crippen molar-refractivity contribution in [2.45, 2.75) is 12.8 Å². The number of rotatable bonds is 3. The lowest BCUT2D eigenvalue weighted by Crippen LogP contribution is -2.37. The van der Waals surface area contributed by atoms with Gasteiger partial charge in [-0.15, -0.1) is 0 Å². The number of nitrogens with two attached hydrogens (primary N) is 2. The van der Waals surface area contributed by atoms with Crippen molar-refractivity contribution in [3.05, 3.63) is 16.9 Å². The third kappa shape index (κ3) is 2.75. The van der Waals surface area contributed by atoms with Crippen LogP contribution in [0, 0.1) is 5.82 Å². The van der Waals surface area contributed by atoms with Crippen LogP contribution in [0.25, 0.3) is 0 Å². The van der Waals surface area contributed by atoms with Crippen LogP contribution in [0.2, 0.25) is 5.02 Å². The normalized spacial score (nSPS) is 14.7. The minimum absolute atomic E-state index is 0.0447. The van der Waals surface area contributed by atoms with Crippen LogP contribution in [0.5, 0.6) is 0 Å². The molecule has 0 unspecified atom stereocenters. The van der Waals surface area contributed by atoms with Crippen LogP contribution in [0.1, 0.15) is 12.8 Å². The van der Waals surface area contributed by atoms with E-state index in [4.69, 9.17) is 23.1 Å². The van der Waals surface area contributed by atoms with Crippen LogP contribution < -0.4 is 16.4 Å². The molecule has 7 heteroatoms.